The molecule has 90 valence electrons. The predicted octanol–water partition coefficient (Wildman–Crippen LogP) is 4.49. The molecule has 0 aromatic rings. The van der Waals surface area contributed by atoms with Crippen LogP contribution in [0.2, 0.25) is 0 Å². The molecule has 0 saturated heterocycles. The first-order valence-electron chi connectivity index (χ1n) is 6.16. The summed E-state index contributed by atoms with van der Waals surface area (Å²) in [5, 5.41) is 0.667. The maximum absolute atomic E-state index is 5.60. The van der Waals surface area contributed by atoms with E-state index in [1.54, 1.807) is 11.8 Å². The van der Waals surface area contributed by atoms with Gasteiger partial charge in [-0.25, -0.2) is 0 Å². The molecule has 0 atom stereocenters. The Morgan fingerprint density at radius 3 is 1.87 bits per heavy atom. The van der Waals surface area contributed by atoms with Gasteiger partial charge in [0.2, 0.25) is 0 Å². The lowest BCUT2D eigenvalue weighted by atomic mass is 10.1. The summed E-state index contributed by atoms with van der Waals surface area (Å²) in [5.41, 5.74) is 5.60. The van der Waals surface area contributed by atoms with Gasteiger partial charge in [0.15, 0.2) is 0 Å². The number of thiocarbonyl (C=S) groups is 1. The van der Waals surface area contributed by atoms with E-state index in [1.807, 2.05) is 0 Å². The van der Waals surface area contributed by atoms with E-state index >= 15 is 0 Å². The van der Waals surface area contributed by atoms with E-state index in [1.165, 1.54) is 51.4 Å². The van der Waals surface area contributed by atoms with Crippen molar-refractivity contribution in [1.29, 1.82) is 0 Å². The molecule has 0 fully saturated rings. The van der Waals surface area contributed by atoms with Crippen molar-refractivity contribution in [3.05, 3.63) is 0 Å². The minimum Gasteiger partial charge on any atom is -0.385 e. The average molecular weight is 247 g/mol. The van der Waals surface area contributed by atoms with Gasteiger partial charge in [-0.3, -0.25) is 0 Å². The molecule has 0 spiro atoms. The first-order valence-corrected chi connectivity index (χ1v) is 7.45. The molecule has 0 aliphatic heterocycles. The molecular formula is C12H25NS2. The summed E-state index contributed by atoms with van der Waals surface area (Å²) in [6, 6.07) is 0. The smallest absolute Gasteiger partial charge is 0.131 e. The van der Waals surface area contributed by atoms with E-state index in [9.17, 15) is 0 Å². The van der Waals surface area contributed by atoms with Crippen molar-refractivity contribution in [2.24, 2.45) is 5.73 Å². The van der Waals surface area contributed by atoms with E-state index in [0.29, 0.717) is 9.57 Å². The first kappa shape index (κ1) is 15.2. The average Bonchev–Trinajstić information content (AvgIpc) is 2.17. The molecule has 0 aromatic heterocycles. The Kier molecular flexibility index (Phi) is 10.9. The molecule has 0 radical (unpaired) electrons. The number of hydrogen-bond donors (Lipinski definition) is 1. The number of nitrogens with two attached hydrogens (primary N) is 1. The highest BCUT2D eigenvalue weighted by Crippen LogP contribution is 2.23. The Morgan fingerprint density at radius 2 is 1.53 bits per heavy atom. The van der Waals surface area contributed by atoms with Crippen molar-refractivity contribution in [3.63, 3.8) is 0 Å². The van der Waals surface area contributed by atoms with Crippen LogP contribution in [0.15, 0.2) is 0 Å². The van der Waals surface area contributed by atoms with Crippen molar-refractivity contribution >= 4 is 28.3 Å². The van der Waals surface area contributed by atoms with Gasteiger partial charge in [-0.05, 0) is 12.8 Å². The predicted molar refractivity (Wildman–Crippen MR) is 76.4 cm³/mol. The van der Waals surface area contributed by atoms with Crippen LogP contribution < -0.4 is 5.73 Å². The second-order valence-electron chi connectivity index (χ2n) is 4.05. The van der Waals surface area contributed by atoms with Crippen LogP contribution in [0.1, 0.15) is 65.2 Å². The zero-order valence-electron chi connectivity index (χ0n) is 10.1. The molecule has 3 heteroatoms. The largest absolute Gasteiger partial charge is 0.385 e. The molecule has 0 aliphatic carbocycles. The molecule has 0 bridgehead atoms. The van der Waals surface area contributed by atoms with Gasteiger partial charge in [-0.1, -0.05) is 76.4 Å². The summed E-state index contributed by atoms with van der Waals surface area (Å²) in [7, 11) is 0. The van der Waals surface area contributed by atoms with Gasteiger partial charge in [-0.15, -0.1) is 0 Å². The highest BCUT2D eigenvalue weighted by molar-refractivity contribution is 8.23. The fourth-order valence-corrected chi connectivity index (χ4v) is 2.98. The SMILES string of the molecule is CCCCCC(CCCCC)SC(N)=S. The second kappa shape index (κ2) is 10.7. The summed E-state index contributed by atoms with van der Waals surface area (Å²) in [4.78, 5) is 0. The maximum Gasteiger partial charge on any atom is 0.131 e. The Bertz CT molecular complexity index is 150. The van der Waals surface area contributed by atoms with Gasteiger partial charge >= 0.3 is 0 Å². The van der Waals surface area contributed by atoms with Crippen LogP contribution in [0.5, 0.6) is 0 Å². The fourth-order valence-electron chi connectivity index (χ4n) is 1.67. The van der Waals surface area contributed by atoms with Crippen LogP contribution in [0.3, 0.4) is 0 Å². The molecule has 0 aliphatic rings. The van der Waals surface area contributed by atoms with E-state index in [0.717, 1.165) is 0 Å². The molecule has 0 saturated carbocycles. The van der Waals surface area contributed by atoms with Crippen LogP contribution in [-0.2, 0) is 0 Å². The van der Waals surface area contributed by atoms with Gasteiger partial charge in [0, 0.05) is 5.25 Å². The van der Waals surface area contributed by atoms with Gasteiger partial charge in [0.1, 0.15) is 4.32 Å². The molecule has 0 unspecified atom stereocenters. The minimum atomic E-state index is 0.619. The van der Waals surface area contributed by atoms with Crippen LogP contribution in [0.25, 0.3) is 0 Å². The van der Waals surface area contributed by atoms with Crippen molar-refractivity contribution < 1.29 is 0 Å². The summed E-state index contributed by atoms with van der Waals surface area (Å²) < 4.78 is 0.619. The van der Waals surface area contributed by atoms with Crippen molar-refractivity contribution in [3.8, 4) is 0 Å². The van der Waals surface area contributed by atoms with Crippen LogP contribution in [0, 0.1) is 0 Å². The summed E-state index contributed by atoms with van der Waals surface area (Å²) in [5.74, 6) is 0. The number of thioether (sulfide) groups is 1. The summed E-state index contributed by atoms with van der Waals surface area (Å²) >= 11 is 6.68. The zero-order chi connectivity index (χ0) is 11.5. The lowest BCUT2D eigenvalue weighted by Gasteiger charge is -2.15. The van der Waals surface area contributed by atoms with Crippen molar-refractivity contribution in [1.82, 2.24) is 0 Å². The molecule has 0 aromatic carbocycles. The Balaban J connectivity index is 3.68. The molecule has 2 N–H and O–H groups in total. The van der Waals surface area contributed by atoms with Crippen LogP contribution >= 0.6 is 24.0 Å². The number of rotatable bonds is 9. The molecular weight excluding hydrogens is 222 g/mol. The number of unbranched alkanes of at least 4 members (excludes halogenated alkanes) is 4. The standard InChI is InChI=1S/C12H25NS2/c1-3-5-7-9-11(15-12(13)14)10-8-6-4-2/h11H,3-10H2,1-2H3,(H2,13,14). The quantitative estimate of drug-likeness (QED) is 0.480. The molecule has 1 nitrogen and oxygen atoms in total. The van der Waals surface area contributed by atoms with Crippen LogP contribution in [-0.4, -0.2) is 9.57 Å². The van der Waals surface area contributed by atoms with Gasteiger partial charge in [-0.2, -0.15) is 0 Å². The third kappa shape index (κ3) is 10.5. The molecule has 15 heavy (non-hydrogen) atoms. The maximum atomic E-state index is 5.60. The zero-order valence-corrected chi connectivity index (χ0v) is 11.8. The van der Waals surface area contributed by atoms with E-state index in [2.05, 4.69) is 13.8 Å². The lowest BCUT2D eigenvalue weighted by molar-refractivity contribution is 0.585. The van der Waals surface area contributed by atoms with Crippen molar-refractivity contribution in [2.45, 2.75) is 70.5 Å². The van der Waals surface area contributed by atoms with E-state index < -0.39 is 0 Å². The number of hydrogen-bond acceptors (Lipinski definition) is 2. The summed E-state index contributed by atoms with van der Waals surface area (Å²) in [6.45, 7) is 4.49. The highest BCUT2D eigenvalue weighted by Gasteiger charge is 2.09. The third-order valence-corrected chi connectivity index (χ3v) is 3.87. The Morgan fingerprint density at radius 1 is 1.07 bits per heavy atom. The summed E-state index contributed by atoms with van der Waals surface area (Å²) in [6.07, 6.45) is 10.5. The van der Waals surface area contributed by atoms with Gasteiger partial charge in [0.25, 0.3) is 0 Å². The first-order chi connectivity index (χ1) is 7.20. The van der Waals surface area contributed by atoms with Gasteiger partial charge in [0.05, 0.1) is 0 Å². The lowest BCUT2D eigenvalue weighted by Crippen LogP contribution is -2.11. The second-order valence-corrected chi connectivity index (χ2v) is 6.09. The monoisotopic (exact) mass is 247 g/mol. The Labute approximate surface area is 105 Å². The van der Waals surface area contributed by atoms with Crippen molar-refractivity contribution in [2.75, 3.05) is 0 Å². The molecule has 0 heterocycles. The van der Waals surface area contributed by atoms with Crippen LogP contribution in [0.4, 0.5) is 0 Å². The van der Waals surface area contributed by atoms with Gasteiger partial charge < -0.3 is 5.73 Å². The molecule has 0 rings (SSSR count). The topological polar surface area (TPSA) is 26.0 Å². The normalized spacial score (nSPS) is 10.9. The third-order valence-electron chi connectivity index (χ3n) is 2.54. The fraction of sp³-hybridized carbons (Fsp3) is 0.917. The van der Waals surface area contributed by atoms with E-state index in [4.69, 9.17) is 18.0 Å². The van der Waals surface area contributed by atoms with E-state index in [-0.39, 0.29) is 0 Å². The minimum absolute atomic E-state index is 0.619. The Hall–Kier alpha value is 0.240. The highest BCUT2D eigenvalue weighted by atomic mass is 32.2. The molecule has 0 amide bonds.